The van der Waals surface area contributed by atoms with Gasteiger partial charge in [0.1, 0.15) is 0 Å². The van der Waals surface area contributed by atoms with E-state index in [1.54, 1.807) is 0 Å². The number of hydrogen-bond acceptors (Lipinski definition) is 3. The van der Waals surface area contributed by atoms with E-state index < -0.39 is 0 Å². The van der Waals surface area contributed by atoms with Gasteiger partial charge in [-0.1, -0.05) is 0 Å². The highest BCUT2D eigenvalue weighted by Gasteiger charge is 2.31. The van der Waals surface area contributed by atoms with Gasteiger partial charge in [0, 0.05) is 19.2 Å². The Bertz CT molecular complexity index is 104. The molecule has 0 aromatic carbocycles. The minimum atomic E-state index is 0.476. The Morgan fingerprint density at radius 1 is 1.20 bits per heavy atom. The van der Waals surface area contributed by atoms with Gasteiger partial charge in [-0.25, -0.2) is 0 Å². The molecule has 2 fully saturated rings. The Balaban J connectivity index is 1.83. The number of fused-ring (bicyclic) bond motifs is 1. The third-order valence-electron chi connectivity index (χ3n) is 2.16. The summed E-state index contributed by atoms with van der Waals surface area (Å²) in [6.07, 6.45) is 1.58. The lowest BCUT2D eigenvalue weighted by atomic mass is 10.00. The molecule has 0 amide bonds. The van der Waals surface area contributed by atoms with Crippen molar-refractivity contribution in [2.75, 3.05) is 26.4 Å². The number of ether oxygens (including phenoxy) is 2. The molecular weight excluding hydrogens is 130 g/mol. The monoisotopic (exact) mass is 143 g/mol. The van der Waals surface area contributed by atoms with Gasteiger partial charge in [-0.3, -0.25) is 0 Å². The quantitative estimate of drug-likeness (QED) is 0.508. The van der Waals surface area contributed by atoms with E-state index in [9.17, 15) is 0 Å². The third kappa shape index (κ3) is 1.17. The molecule has 2 unspecified atom stereocenters. The summed E-state index contributed by atoms with van der Waals surface area (Å²) >= 11 is 0. The summed E-state index contributed by atoms with van der Waals surface area (Å²) in [4.78, 5) is 0. The molecule has 2 aliphatic heterocycles. The van der Waals surface area contributed by atoms with Crippen LogP contribution in [-0.2, 0) is 9.47 Å². The molecule has 0 radical (unpaired) electrons. The van der Waals surface area contributed by atoms with Crippen molar-refractivity contribution in [2.24, 2.45) is 0 Å². The zero-order chi connectivity index (χ0) is 6.81. The molecule has 1 N–H and O–H groups in total. The second-order valence-corrected chi connectivity index (χ2v) is 2.83. The molecular formula is C7H13NO2. The summed E-state index contributed by atoms with van der Waals surface area (Å²) in [7, 11) is 0. The van der Waals surface area contributed by atoms with E-state index in [-0.39, 0.29) is 0 Å². The maximum absolute atomic E-state index is 5.49. The molecule has 0 saturated carbocycles. The topological polar surface area (TPSA) is 30.5 Å². The fourth-order valence-corrected chi connectivity index (χ4v) is 1.41. The summed E-state index contributed by atoms with van der Waals surface area (Å²) in [5, 5.41) is 3.31. The van der Waals surface area contributed by atoms with Crippen LogP contribution in [0.1, 0.15) is 6.42 Å². The van der Waals surface area contributed by atoms with Gasteiger partial charge in [0.15, 0.2) is 0 Å². The maximum Gasteiger partial charge on any atom is 0.0854 e. The predicted molar refractivity (Wildman–Crippen MR) is 37.0 cm³/mol. The van der Waals surface area contributed by atoms with Gasteiger partial charge < -0.3 is 14.8 Å². The summed E-state index contributed by atoms with van der Waals surface area (Å²) in [6.45, 7) is 3.45. The molecule has 0 aromatic heterocycles. The van der Waals surface area contributed by atoms with Crippen molar-refractivity contribution in [3.63, 3.8) is 0 Å². The Labute approximate surface area is 60.7 Å². The van der Waals surface area contributed by atoms with Crippen LogP contribution < -0.4 is 5.32 Å². The summed E-state index contributed by atoms with van der Waals surface area (Å²) in [5.74, 6) is 0. The van der Waals surface area contributed by atoms with E-state index in [1.165, 1.54) is 0 Å². The van der Waals surface area contributed by atoms with Gasteiger partial charge in [-0.2, -0.15) is 0 Å². The molecule has 10 heavy (non-hydrogen) atoms. The standard InChI is InChI=1S/C7H13NO2/c1-2-9-3-4-10-7-5-8-6(1)7/h6-8H,1-5H2. The minimum Gasteiger partial charge on any atom is -0.379 e. The molecule has 58 valence electrons. The van der Waals surface area contributed by atoms with Gasteiger partial charge in [0.05, 0.1) is 19.3 Å². The first-order valence-electron chi connectivity index (χ1n) is 3.89. The third-order valence-corrected chi connectivity index (χ3v) is 2.16. The van der Waals surface area contributed by atoms with Crippen molar-refractivity contribution in [1.29, 1.82) is 0 Å². The molecule has 0 aromatic rings. The zero-order valence-corrected chi connectivity index (χ0v) is 6.01. The highest BCUT2D eigenvalue weighted by Crippen LogP contribution is 2.13. The van der Waals surface area contributed by atoms with Crippen molar-refractivity contribution in [2.45, 2.75) is 18.6 Å². The molecule has 3 heteroatoms. The van der Waals surface area contributed by atoms with Crippen LogP contribution in [0.4, 0.5) is 0 Å². The van der Waals surface area contributed by atoms with Crippen molar-refractivity contribution in [3.8, 4) is 0 Å². The van der Waals surface area contributed by atoms with Crippen molar-refractivity contribution in [1.82, 2.24) is 5.32 Å². The fraction of sp³-hybridized carbons (Fsp3) is 1.00. The predicted octanol–water partition coefficient (Wildman–Crippen LogP) is -0.236. The van der Waals surface area contributed by atoms with Crippen LogP contribution in [0.3, 0.4) is 0 Å². The number of rotatable bonds is 0. The van der Waals surface area contributed by atoms with Gasteiger partial charge in [-0.05, 0) is 6.42 Å². The van der Waals surface area contributed by atoms with E-state index in [2.05, 4.69) is 5.32 Å². The van der Waals surface area contributed by atoms with Gasteiger partial charge in [0.25, 0.3) is 0 Å². The zero-order valence-electron chi connectivity index (χ0n) is 6.01. The minimum absolute atomic E-state index is 0.476. The summed E-state index contributed by atoms with van der Waals surface area (Å²) < 4.78 is 10.8. The van der Waals surface area contributed by atoms with E-state index in [0.717, 1.165) is 32.8 Å². The number of hydrogen-bond donors (Lipinski definition) is 1. The first-order chi connectivity index (χ1) is 4.97. The Morgan fingerprint density at radius 2 is 2.20 bits per heavy atom. The summed E-state index contributed by atoms with van der Waals surface area (Å²) in [6, 6.07) is 0.570. The molecule has 0 spiro atoms. The largest absolute Gasteiger partial charge is 0.379 e. The molecule has 0 bridgehead atoms. The highest BCUT2D eigenvalue weighted by atomic mass is 16.5. The smallest absolute Gasteiger partial charge is 0.0854 e. The van der Waals surface area contributed by atoms with Crippen LogP contribution in [0.15, 0.2) is 0 Å². The lowest BCUT2D eigenvalue weighted by molar-refractivity contribution is -0.0720. The Morgan fingerprint density at radius 3 is 3.00 bits per heavy atom. The fourth-order valence-electron chi connectivity index (χ4n) is 1.41. The molecule has 2 atom stereocenters. The first kappa shape index (κ1) is 6.58. The summed E-state index contributed by atoms with van der Waals surface area (Å²) in [5.41, 5.74) is 0. The SMILES string of the molecule is C1COC2CNC2CCO1. The lowest BCUT2D eigenvalue weighted by Gasteiger charge is -2.39. The van der Waals surface area contributed by atoms with E-state index in [1.807, 2.05) is 0 Å². The van der Waals surface area contributed by atoms with Crippen LogP contribution in [0.5, 0.6) is 0 Å². The second kappa shape index (κ2) is 2.86. The number of nitrogens with one attached hydrogen (secondary N) is 1. The van der Waals surface area contributed by atoms with Crippen molar-refractivity contribution < 1.29 is 9.47 Å². The molecule has 2 saturated heterocycles. The Hall–Kier alpha value is -0.120. The average Bonchev–Trinajstić information content (AvgIpc) is 1.89. The van der Waals surface area contributed by atoms with Crippen molar-refractivity contribution >= 4 is 0 Å². The molecule has 2 rings (SSSR count). The Kier molecular flexibility index (Phi) is 1.88. The molecule has 2 heterocycles. The molecule has 2 aliphatic rings. The normalized spacial score (nSPS) is 40.8. The molecule has 0 aliphatic carbocycles. The van der Waals surface area contributed by atoms with E-state index >= 15 is 0 Å². The highest BCUT2D eigenvalue weighted by molar-refractivity contribution is 4.89. The van der Waals surface area contributed by atoms with Crippen LogP contribution >= 0.6 is 0 Å². The molecule has 3 nitrogen and oxygen atoms in total. The average molecular weight is 143 g/mol. The maximum atomic E-state index is 5.49. The van der Waals surface area contributed by atoms with Crippen LogP contribution in [0.2, 0.25) is 0 Å². The van der Waals surface area contributed by atoms with Gasteiger partial charge in [-0.15, -0.1) is 0 Å². The van der Waals surface area contributed by atoms with E-state index in [0.29, 0.717) is 12.1 Å². The van der Waals surface area contributed by atoms with Crippen LogP contribution in [0, 0.1) is 0 Å². The second-order valence-electron chi connectivity index (χ2n) is 2.83. The van der Waals surface area contributed by atoms with E-state index in [4.69, 9.17) is 9.47 Å². The van der Waals surface area contributed by atoms with Crippen LogP contribution in [0.25, 0.3) is 0 Å². The van der Waals surface area contributed by atoms with Gasteiger partial charge >= 0.3 is 0 Å². The van der Waals surface area contributed by atoms with Crippen LogP contribution in [-0.4, -0.2) is 38.5 Å². The first-order valence-corrected chi connectivity index (χ1v) is 3.89. The van der Waals surface area contributed by atoms with Crippen molar-refractivity contribution in [3.05, 3.63) is 0 Å². The lowest BCUT2D eigenvalue weighted by Crippen LogP contribution is -2.59. The van der Waals surface area contributed by atoms with Gasteiger partial charge in [0.2, 0.25) is 0 Å².